The summed E-state index contributed by atoms with van der Waals surface area (Å²) in [5.41, 5.74) is 3.56. The van der Waals surface area contributed by atoms with Gasteiger partial charge in [-0.3, -0.25) is 15.2 Å². The molecule has 0 bridgehead atoms. The summed E-state index contributed by atoms with van der Waals surface area (Å²) in [5, 5.41) is 20.0. The highest BCUT2D eigenvalue weighted by atomic mass is 35.5. The summed E-state index contributed by atoms with van der Waals surface area (Å²) in [4.78, 5) is 13.8. The van der Waals surface area contributed by atoms with Crippen LogP contribution in [0.4, 0.5) is 5.69 Å². The summed E-state index contributed by atoms with van der Waals surface area (Å²) in [6.07, 6.45) is 2.17. The maximum absolute atomic E-state index is 12.9. The van der Waals surface area contributed by atoms with Gasteiger partial charge in [0.15, 0.2) is 13.6 Å². The predicted octanol–water partition coefficient (Wildman–Crippen LogP) is 2.11. The van der Waals surface area contributed by atoms with Gasteiger partial charge in [0.05, 0.1) is 10.7 Å². The van der Waals surface area contributed by atoms with Crippen LogP contribution in [0.25, 0.3) is 0 Å². The molecule has 1 saturated heterocycles. The molecule has 0 saturated carbocycles. The molecule has 6 nitrogen and oxygen atoms in total. The van der Waals surface area contributed by atoms with Crippen LogP contribution >= 0.6 is 34.5 Å². The van der Waals surface area contributed by atoms with Crippen molar-refractivity contribution >= 4 is 64.5 Å². The molecule has 2 N–H and O–H groups in total. The van der Waals surface area contributed by atoms with Gasteiger partial charge in [-0.1, -0.05) is 35.7 Å². The zero-order chi connectivity index (χ0) is 20.5. The third-order valence-electron chi connectivity index (χ3n) is 5.12. The Morgan fingerprint density at radius 3 is 2.62 bits per heavy atom. The summed E-state index contributed by atoms with van der Waals surface area (Å²) in [5.74, 6) is -0.384. The third kappa shape index (κ3) is 4.32. The molecule has 1 amide bonds. The first-order chi connectivity index (χ1) is 13.9. The molecule has 1 aromatic heterocycles. The molecule has 3 heterocycles. The minimum Gasteiger partial charge on any atom is -0.384 e. The molecule has 2 aliphatic heterocycles. The van der Waals surface area contributed by atoms with Gasteiger partial charge in [-0.05, 0) is 41.9 Å². The van der Waals surface area contributed by atoms with Gasteiger partial charge in [0.2, 0.25) is 0 Å². The van der Waals surface area contributed by atoms with Gasteiger partial charge >= 0.3 is 0 Å². The largest absolute Gasteiger partial charge is 0.384 e. The number of piperidine rings is 1. The fourth-order valence-electron chi connectivity index (χ4n) is 3.67. The summed E-state index contributed by atoms with van der Waals surface area (Å²) in [7, 11) is 2.00. The fraction of sp³-hybridized carbons (Fsp3) is 0.368. The maximum atomic E-state index is 12.9. The van der Waals surface area contributed by atoms with Crippen LogP contribution in [0.5, 0.6) is 0 Å². The van der Waals surface area contributed by atoms with E-state index in [1.54, 1.807) is 34.5 Å². The van der Waals surface area contributed by atoms with Crippen LogP contribution in [0.1, 0.15) is 30.2 Å². The van der Waals surface area contributed by atoms with Gasteiger partial charge in [-0.2, -0.15) is 16.4 Å². The number of nitrogens with zero attached hydrogens (tertiary/aromatic N) is 3. The summed E-state index contributed by atoms with van der Waals surface area (Å²) < 4.78 is 1.11. The number of rotatable bonds is 4. The van der Waals surface area contributed by atoms with Crippen molar-refractivity contribution in [3.63, 3.8) is 0 Å². The lowest BCUT2D eigenvalue weighted by atomic mass is 10.0. The molecule has 2 unspecified atom stereocenters. The van der Waals surface area contributed by atoms with Crippen molar-refractivity contribution in [2.75, 3.05) is 18.1 Å². The van der Waals surface area contributed by atoms with Gasteiger partial charge in [-0.15, -0.1) is 0 Å². The van der Waals surface area contributed by atoms with Crippen molar-refractivity contribution in [2.24, 2.45) is 5.10 Å². The molecule has 2 aromatic rings. The lowest BCUT2D eigenvalue weighted by molar-refractivity contribution is -0.120. The van der Waals surface area contributed by atoms with E-state index < -0.39 is 12.1 Å². The SMILES string of the molecule is Bc1ccc(C2C(O)C(C(=O)NN3CCCCC3)=NN2c2ccc(Cl)cc2Cl)s1. The number of nitrogens with one attached hydrogen (secondary N) is 1. The highest BCUT2D eigenvalue weighted by Gasteiger charge is 2.42. The number of carbonyl (C=O) groups excluding carboxylic acids is 1. The molecule has 29 heavy (non-hydrogen) atoms. The quantitative estimate of drug-likeness (QED) is 0.700. The number of anilines is 1. The number of hydrogen-bond donors (Lipinski definition) is 2. The van der Waals surface area contributed by atoms with E-state index >= 15 is 0 Å². The molecule has 0 aliphatic carbocycles. The Hall–Kier alpha value is -1.58. The third-order valence-corrected chi connectivity index (χ3v) is 6.72. The maximum Gasteiger partial charge on any atom is 0.284 e. The molecular formula is C19H21BCl2N4O2S. The second-order valence-corrected chi connectivity index (χ2v) is 9.42. The molecule has 1 aromatic carbocycles. The Morgan fingerprint density at radius 1 is 1.21 bits per heavy atom. The number of thiophene rings is 1. The highest BCUT2D eigenvalue weighted by Crippen LogP contribution is 2.40. The van der Waals surface area contributed by atoms with Crippen molar-refractivity contribution < 1.29 is 9.90 Å². The van der Waals surface area contributed by atoms with Crippen molar-refractivity contribution in [2.45, 2.75) is 31.4 Å². The summed E-state index contributed by atoms with van der Waals surface area (Å²) in [6.45, 7) is 1.60. The van der Waals surface area contributed by atoms with Gasteiger partial charge < -0.3 is 5.11 Å². The van der Waals surface area contributed by atoms with Gasteiger partial charge in [0.25, 0.3) is 5.91 Å². The number of aliphatic hydroxyl groups is 1. The van der Waals surface area contributed by atoms with Crippen molar-refractivity contribution in [1.29, 1.82) is 0 Å². The lowest BCUT2D eigenvalue weighted by Gasteiger charge is -2.27. The normalized spacial score (nSPS) is 22.6. The first kappa shape index (κ1) is 20.7. The summed E-state index contributed by atoms with van der Waals surface area (Å²) in [6, 6.07) is 8.50. The van der Waals surface area contributed by atoms with Crippen LogP contribution < -0.4 is 15.2 Å². The molecule has 0 radical (unpaired) electrons. The van der Waals surface area contributed by atoms with E-state index in [9.17, 15) is 9.90 Å². The van der Waals surface area contributed by atoms with Crippen LogP contribution in [0.15, 0.2) is 35.4 Å². The second-order valence-electron chi connectivity index (χ2n) is 7.25. The monoisotopic (exact) mass is 450 g/mol. The Balaban J connectivity index is 1.67. The number of amides is 1. The van der Waals surface area contributed by atoms with Gasteiger partial charge in [-0.25, -0.2) is 5.01 Å². The molecule has 152 valence electrons. The molecule has 2 atom stereocenters. The number of hydrogen-bond acceptors (Lipinski definition) is 6. The molecule has 1 fully saturated rings. The second kappa shape index (κ2) is 8.66. The Bertz CT molecular complexity index is 948. The average molecular weight is 451 g/mol. The predicted molar refractivity (Wildman–Crippen MR) is 121 cm³/mol. The highest BCUT2D eigenvalue weighted by molar-refractivity contribution is 7.20. The number of benzene rings is 1. The minimum atomic E-state index is -1.08. The van der Waals surface area contributed by atoms with E-state index in [-0.39, 0.29) is 11.6 Å². The van der Waals surface area contributed by atoms with Crippen LogP contribution in [0, 0.1) is 0 Å². The fourth-order valence-corrected chi connectivity index (χ4v) is 5.15. The zero-order valence-electron chi connectivity index (χ0n) is 15.9. The Labute approximate surface area is 184 Å². The van der Waals surface area contributed by atoms with E-state index in [2.05, 4.69) is 10.5 Å². The topological polar surface area (TPSA) is 68.2 Å². The molecule has 4 rings (SSSR count). The van der Waals surface area contributed by atoms with Crippen molar-refractivity contribution in [1.82, 2.24) is 10.4 Å². The van der Waals surface area contributed by atoms with Gasteiger partial charge in [0, 0.05) is 23.0 Å². The molecule has 2 aliphatic rings. The Kier molecular flexibility index (Phi) is 6.17. The molecule has 0 spiro atoms. The van der Waals surface area contributed by atoms with E-state index in [0.717, 1.165) is 35.6 Å². The molecular weight excluding hydrogens is 430 g/mol. The van der Waals surface area contributed by atoms with Crippen LogP contribution in [0.2, 0.25) is 10.0 Å². The van der Waals surface area contributed by atoms with Crippen LogP contribution in [-0.4, -0.2) is 48.8 Å². The van der Waals surface area contributed by atoms with Crippen LogP contribution in [0.3, 0.4) is 0 Å². The number of hydrazine groups is 1. The molecule has 10 heteroatoms. The van der Waals surface area contributed by atoms with Crippen LogP contribution in [-0.2, 0) is 4.79 Å². The first-order valence-electron chi connectivity index (χ1n) is 9.57. The van der Waals surface area contributed by atoms with E-state index in [1.165, 1.54) is 6.42 Å². The lowest BCUT2D eigenvalue weighted by Crippen LogP contribution is -2.49. The van der Waals surface area contributed by atoms with Gasteiger partial charge in [0.1, 0.15) is 12.1 Å². The van der Waals surface area contributed by atoms with E-state index in [0.29, 0.717) is 15.7 Å². The average Bonchev–Trinajstić information content (AvgIpc) is 3.25. The number of carbonyl (C=O) groups is 1. The number of aliphatic hydroxyl groups excluding tert-OH is 1. The minimum absolute atomic E-state index is 0.0812. The van der Waals surface area contributed by atoms with Crippen molar-refractivity contribution in [3.05, 3.63) is 45.3 Å². The van der Waals surface area contributed by atoms with E-state index in [1.807, 2.05) is 25.0 Å². The Morgan fingerprint density at radius 2 is 1.97 bits per heavy atom. The summed E-state index contributed by atoms with van der Waals surface area (Å²) >= 11 is 14.0. The zero-order valence-corrected chi connectivity index (χ0v) is 18.3. The standard InChI is InChI=1S/C19H21BCl2N4O2S/c20-15-7-6-14(29-15)17-18(27)16(19(28)24-25-8-2-1-3-9-25)23-26(17)13-5-4-11(21)10-12(13)22/h4-7,10,17-18,27H,1-3,8-9,20H2,(H,24,28). The van der Waals surface area contributed by atoms with Crippen molar-refractivity contribution in [3.8, 4) is 0 Å². The number of hydrazone groups is 1. The first-order valence-corrected chi connectivity index (χ1v) is 11.1. The van der Waals surface area contributed by atoms with E-state index in [4.69, 9.17) is 23.2 Å². The smallest absolute Gasteiger partial charge is 0.284 e. The number of halogens is 2.